The molecule has 0 aliphatic carbocycles. The molecule has 2 rings (SSSR count). The van der Waals surface area contributed by atoms with E-state index in [9.17, 15) is 14.0 Å². The molecule has 8 heteroatoms. The van der Waals surface area contributed by atoms with Crippen LogP contribution in [0.5, 0.6) is 0 Å². The number of rotatable bonds is 7. The first-order chi connectivity index (χ1) is 11.1. The Hall–Kier alpha value is -2.74. The SMILES string of the molecule is COCCNC(=O)COC(=O)c1cn[nH]c1-c1ccc(F)cc1. The lowest BCUT2D eigenvalue weighted by Gasteiger charge is -2.06. The molecule has 0 atom stereocenters. The van der Waals surface area contributed by atoms with Crippen LogP contribution in [-0.4, -0.2) is 48.9 Å². The van der Waals surface area contributed by atoms with Crippen molar-refractivity contribution < 1.29 is 23.5 Å². The summed E-state index contributed by atoms with van der Waals surface area (Å²) < 4.78 is 22.7. The van der Waals surface area contributed by atoms with Gasteiger partial charge in [0.05, 0.1) is 18.5 Å². The van der Waals surface area contributed by atoms with Crippen LogP contribution in [0.1, 0.15) is 10.4 Å². The molecule has 1 amide bonds. The topological polar surface area (TPSA) is 93.3 Å². The normalized spacial score (nSPS) is 10.3. The second kappa shape index (κ2) is 8.04. The molecule has 0 bridgehead atoms. The Balaban J connectivity index is 1.97. The van der Waals surface area contributed by atoms with Crippen molar-refractivity contribution in [1.29, 1.82) is 0 Å². The maximum absolute atomic E-state index is 13.0. The number of carbonyl (C=O) groups is 2. The van der Waals surface area contributed by atoms with Crippen molar-refractivity contribution in [2.24, 2.45) is 0 Å². The summed E-state index contributed by atoms with van der Waals surface area (Å²) in [6, 6.07) is 5.57. The number of halogens is 1. The molecule has 0 fully saturated rings. The van der Waals surface area contributed by atoms with Crippen LogP contribution in [0.4, 0.5) is 4.39 Å². The minimum Gasteiger partial charge on any atom is -0.452 e. The Bertz CT molecular complexity index is 670. The Morgan fingerprint density at radius 2 is 2.04 bits per heavy atom. The van der Waals surface area contributed by atoms with Crippen LogP contribution in [0.15, 0.2) is 30.5 Å². The number of methoxy groups -OCH3 is 1. The summed E-state index contributed by atoms with van der Waals surface area (Å²) in [6.45, 7) is 0.298. The van der Waals surface area contributed by atoms with Gasteiger partial charge in [-0.3, -0.25) is 9.89 Å². The first kappa shape index (κ1) is 16.6. The van der Waals surface area contributed by atoms with Gasteiger partial charge in [0.25, 0.3) is 5.91 Å². The summed E-state index contributed by atoms with van der Waals surface area (Å²) in [6.07, 6.45) is 1.30. The van der Waals surface area contributed by atoms with E-state index < -0.39 is 18.5 Å². The van der Waals surface area contributed by atoms with Gasteiger partial charge >= 0.3 is 5.97 Å². The Morgan fingerprint density at radius 1 is 1.30 bits per heavy atom. The van der Waals surface area contributed by atoms with Crippen LogP contribution in [0.2, 0.25) is 0 Å². The summed E-state index contributed by atoms with van der Waals surface area (Å²) >= 11 is 0. The van der Waals surface area contributed by atoms with E-state index in [1.807, 2.05) is 0 Å². The van der Waals surface area contributed by atoms with Crippen LogP contribution in [-0.2, 0) is 14.3 Å². The molecule has 2 N–H and O–H groups in total. The molecule has 1 heterocycles. The molecule has 0 aliphatic rings. The molecule has 7 nitrogen and oxygen atoms in total. The second-order valence-corrected chi connectivity index (χ2v) is 4.58. The number of aromatic nitrogens is 2. The molecular weight excluding hydrogens is 305 g/mol. The van der Waals surface area contributed by atoms with Gasteiger partial charge in [0.2, 0.25) is 0 Å². The Kier molecular flexibility index (Phi) is 5.81. The van der Waals surface area contributed by atoms with Gasteiger partial charge in [0.15, 0.2) is 6.61 Å². The molecule has 122 valence electrons. The molecule has 0 saturated carbocycles. The van der Waals surface area contributed by atoms with E-state index in [-0.39, 0.29) is 11.4 Å². The first-order valence-corrected chi connectivity index (χ1v) is 6.84. The smallest absolute Gasteiger partial charge is 0.342 e. The lowest BCUT2D eigenvalue weighted by Crippen LogP contribution is -2.31. The zero-order valence-corrected chi connectivity index (χ0v) is 12.5. The molecule has 0 aliphatic heterocycles. The second-order valence-electron chi connectivity index (χ2n) is 4.58. The van der Waals surface area contributed by atoms with E-state index in [4.69, 9.17) is 9.47 Å². The number of hydrogen-bond acceptors (Lipinski definition) is 5. The highest BCUT2D eigenvalue weighted by molar-refractivity contribution is 5.96. The third-order valence-electron chi connectivity index (χ3n) is 2.95. The van der Waals surface area contributed by atoms with Gasteiger partial charge in [-0.1, -0.05) is 0 Å². The van der Waals surface area contributed by atoms with E-state index >= 15 is 0 Å². The highest BCUT2D eigenvalue weighted by Crippen LogP contribution is 2.21. The third-order valence-corrected chi connectivity index (χ3v) is 2.95. The number of H-pyrrole nitrogens is 1. The van der Waals surface area contributed by atoms with Crippen LogP contribution in [0.25, 0.3) is 11.3 Å². The van der Waals surface area contributed by atoms with Crippen molar-refractivity contribution in [3.05, 3.63) is 41.8 Å². The summed E-state index contributed by atoms with van der Waals surface area (Å²) in [4.78, 5) is 23.5. The van der Waals surface area contributed by atoms with Crippen molar-refractivity contribution in [2.75, 3.05) is 26.9 Å². The van der Waals surface area contributed by atoms with Gasteiger partial charge in [-0.2, -0.15) is 5.10 Å². The maximum Gasteiger partial charge on any atom is 0.342 e. The number of nitrogens with zero attached hydrogens (tertiary/aromatic N) is 1. The molecular formula is C15H16FN3O4. The first-order valence-electron chi connectivity index (χ1n) is 6.84. The van der Waals surface area contributed by atoms with Gasteiger partial charge in [-0.05, 0) is 24.3 Å². The molecule has 23 heavy (non-hydrogen) atoms. The minimum atomic E-state index is -0.694. The van der Waals surface area contributed by atoms with Gasteiger partial charge in [0.1, 0.15) is 11.4 Å². The van der Waals surface area contributed by atoms with Gasteiger partial charge < -0.3 is 14.8 Å². The lowest BCUT2D eigenvalue weighted by molar-refractivity contribution is -0.124. The average molecular weight is 321 g/mol. The van der Waals surface area contributed by atoms with Gasteiger partial charge in [-0.15, -0.1) is 0 Å². The van der Waals surface area contributed by atoms with Crippen molar-refractivity contribution in [3.8, 4) is 11.3 Å². The fraction of sp³-hybridized carbons (Fsp3) is 0.267. The van der Waals surface area contributed by atoms with E-state index in [0.29, 0.717) is 24.4 Å². The fourth-order valence-electron chi connectivity index (χ4n) is 1.83. The van der Waals surface area contributed by atoms with Crippen LogP contribution < -0.4 is 5.32 Å². The van der Waals surface area contributed by atoms with E-state index in [1.165, 1.54) is 37.6 Å². The summed E-state index contributed by atoms with van der Waals surface area (Å²) in [5, 5.41) is 8.99. The number of amides is 1. The number of hydrogen-bond donors (Lipinski definition) is 2. The predicted molar refractivity (Wildman–Crippen MR) is 79.1 cm³/mol. The summed E-state index contributed by atoms with van der Waals surface area (Å²) in [5.74, 6) is -1.51. The van der Waals surface area contributed by atoms with Crippen molar-refractivity contribution in [2.45, 2.75) is 0 Å². The van der Waals surface area contributed by atoms with Crippen molar-refractivity contribution in [3.63, 3.8) is 0 Å². The van der Waals surface area contributed by atoms with Gasteiger partial charge in [-0.25, -0.2) is 9.18 Å². The van der Waals surface area contributed by atoms with E-state index in [2.05, 4.69) is 15.5 Å². The number of nitrogens with one attached hydrogen (secondary N) is 2. The van der Waals surface area contributed by atoms with Crippen molar-refractivity contribution >= 4 is 11.9 Å². The molecule has 0 saturated heterocycles. The van der Waals surface area contributed by atoms with Crippen LogP contribution in [0.3, 0.4) is 0 Å². The fourth-order valence-corrected chi connectivity index (χ4v) is 1.83. The summed E-state index contributed by atoms with van der Waals surface area (Å²) in [7, 11) is 1.52. The average Bonchev–Trinajstić information content (AvgIpc) is 3.03. The van der Waals surface area contributed by atoms with Crippen molar-refractivity contribution in [1.82, 2.24) is 15.5 Å². The van der Waals surface area contributed by atoms with E-state index in [0.717, 1.165) is 0 Å². The molecule has 0 spiro atoms. The lowest BCUT2D eigenvalue weighted by atomic mass is 10.1. The summed E-state index contributed by atoms with van der Waals surface area (Å²) in [5.41, 5.74) is 1.15. The standard InChI is InChI=1S/C15H16FN3O4/c1-22-7-6-17-13(20)9-23-15(21)12-8-18-19-14(12)10-2-4-11(16)5-3-10/h2-5,8H,6-7,9H2,1H3,(H,17,20)(H,18,19). The Morgan fingerprint density at radius 3 is 2.74 bits per heavy atom. The number of carbonyl (C=O) groups excluding carboxylic acids is 2. The van der Waals surface area contributed by atoms with Crippen LogP contribution in [0, 0.1) is 5.82 Å². The molecule has 2 aromatic rings. The number of ether oxygens (including phenoxy) is 2. The van der Waals surface area contributed by atoms with E-state index in [1.54, 1.807) is 0 Å². The quantitative estimate of drug-likeness (QED) is 0.589. The predicted octanol–water partition coefficient (Wildman–Crippen LogP) is 1.14. The maximum atomic E-state index is 13.0. The highest BCUT2D eigenvalue weighted by atomic mass is 19.1. The largest absolute Gasteiger partial charge is 0.452 e. The Labute approximate surface area is 131 Å². The molecule has 0 radical (unpaired) electrons. The molecule has 0 unspecified atom stereocenters. The third kappa shape index (κ3) is 4.62. The molecule has 1 aromatic heterocycles. The van der Waals surface area contributed by atoms with Crippen LogP contribution >= 0.6 is 0 Å². The number of esters is 1. The number of aromatic amines is 1. The van der Waals surface area contributed by atoms with Gasteiger partial charge in [0, 0.05) is 19.2 Å². The number of benzene rings is 1. The zero-order valence-electron chi connectivity index (χ0n) is 12.5. The zero-order chi connectivity index (χ0) is 16.7. The monoisotopic (exact) mass is 321 g/mol. The minimum absolute atomic E-state index is 0.168. The molecule has 1 aromatic carbocycles. The highest BCUT2D eigenvalue weighted by Gasteiger charge is 2.17.